The van der Waals surface area contributed by atoms with Gasteiger partial charge in [0, 0.05) is 17.8 Å². The maximum Gasteiger partial charge on any atom is 0.0629 e. The maximum atomic E-state index is 6.02. The smallest absolute Gasteiger partial charge is 0.0629 e. The average molecular weight is 195 g/mol. The van der Waals surface area contributed by atoms with E-state index < -0.39 is 0 Å². The van der Waals surface area contributed by atoms with Crippen molar-refractivity contribution in [2.75, 3.05) is 0 Å². The zero-order chi connectivity index (χ0) is 10.9. The lowest BCUT2D eigenvalue weighted by molar-refractivity contribution is 0.513. The van der Waals surface area contributed by atoms with Crippen LogP contribution in [0.2, 0.25) is 0 Å². The number of aromatic nitrogens is 2. The van der Waals surface area contributed by atoms with Gasteiger partial charge in [-0.1, -0.05) is 0 Å². The van der Waals surface area contributed by atoms with E-state index in [-0.39, 0.29) is 5.54 Å². The van der Waals surface area contributed by atoms with Crippen LogP contribution in [0.1, 0.15) is 37.7 Å². The lowest BCUT2D eigenvalue weighted by Crippen LogP contribution is -2.34. The first-order valence-corrected chi connectivity index (χ1v) is 5.17. The van der Waals surface area contributed by atoms with Crippen LogP contribution in [0.3, 0.4) is 0 Å². The van der Waals surface area contributed by atoms with E-state index in [9.17, 15) is 0 Å². The van der Waals surface area contributed by atoms with E-state index >= 15 is 0 Å². The summed E-state index contributed by atoms with van der Waals surface area (Å²) < 4.78 is 2.04. The fourth-order valence-corrected chi connectivity index (χ4v) is 1.75. The Morgan fingerprint density at radius 2 is 1.93 bits per heavy atom. The molecule has 0 atom stereocenters. The summed E-state index contributed by atoms with van der Waals surface area (Å²) >= 11 is 0. The fraction of sp³-hybridized carbons (Fsp3) is 0.727. The molecule has 0 saturated heterocycles. The van der Waals surface area contributed by atoms with Crippen LogP contribution in [-0.2, 0) is 13.0 Å². The number of nitrogens with two attached hydrogens (primary N) is 1. The van der Waals surface area contributed by atoms with E-state index in [1.165, 1.54) is 11.3 Å². The lowest BCUT2D eigenvalue weighted by atomic mass is 9.95. The van der Waals surface area contributed by atoms with E-state index in [0.29, 0.717) is 0 Å². The molecule has 14 heavy (non-hydrogen) atoms. The minimum Gasteiger partial charge on any atom is -0.325 e. The van der Waals surface area contributed by atoms with Crippen LogP contribution in [0.5, 0.6) is 0 Å². The first-order chi connectivity index (χ1) is 6.35. The van der Waals surface area contributed by atoms with Crippen LogP contribution >= 0.6 is 0 Å². The lowest BCUT2D eigenvalue weighted by Gasteiger charge is -2.18. The molecule has 0 radical (unpaired) electrons. The summed E-state index contributed by atoms with van der Waals surface area (Å²) in [7, 11) is 0. The van der Waals surface area contributed by atoms with E-state index in [1.54, 1.807) is 0 Å². The van der Waals surface area contributed by atoms with Crippen molar-refractivity contribution in [3.8, 4) is 0 Å². The number of nitrogens with zero attached hydrogens (tertiary/aromatic N) is 2. The zero-order valence-electron chi connectivity index (χ0n) is 9.89. The van der Waals surface area contributed by atoms with Crippen LogP contribution in [0.25, 0.3) is 0 Å². The minimum absolute atomic E-state index is 0.156. The Morgan fingerprint density at radius 1 is 1.36 bits per heavy atom. The summed E-state index contributed by atoms with van der Waals surface area (Å²) in [6, 6.07) is 0. The van der Waals surface area contributed by atoms with Crippen molar-refractivity contribution in [3.63, 3.8) is 0 Å². The molecule has 0 fully saturated rings. The number of hydrogen-bond acceptors (Lipinski definition) is 2. The monoisotopic (exact) mass is 195 g/mol. The van der Waals surface area contributed by atoms with Gasteiger partial charge < -0.3 is 5.73 Å². The van der Waals surface area contributed by atoms with Crippen molar-refractivity contribution in [2.45, 2.75) is 53.1 Å². The third-order valence-corrected chi connectivity index (χ3v) is 2.46. The summed E-state index contributed by atoms with van der Waals surface area (Å²) in [5, 5.41) is 4.47. The van der Waals surface area contributed by atoms with Gasteiger partial charge in [-0.2, -0.15) is 5.10 Å². The van der Waals surface area contributed by atoms with Gasteiger partial charge in [0.1, 0.15) is 0 Å². The van der Waals surface area contributed by atoms with E-state index in [0.717, 1.165) is 18.7 Å². The molecular weight excluding hydrogens is 174 g/mol. The summed E-state index contributed by atoms with van der Waals surface area (Å²) in [4.78, 5) is 0. The second-order valence-electron chi connectivity index (χ2n) is 4.63. The molecule has 1 heterocycles. The molecule has 1 aromatic heterocycles. The van der Waals surface area contributed by atoms with Gasteiger partial charge in [0.2, 0.25) is 0 Å². The molecule has 0 aliphatic carbocycles. The van der Waals surface area contributed by atoms with Gasteiger partial charge in [-0.05, 0) is 46.6 Å². The van der Waals surface area contributed by atoms with Crippen molar-refractivity contribution >= 4 is 0 Å². The molecule has 1 aromatic rings. The highest BCUT2D eigenvalue weighted by atomic mass is 15.3. The SMILES string of the molecule is CCn1nc(C)c(CC(C)(C)N)c1C. The van der Waals surface area contributed by atoms with Gasteiger partial charge in [0.15, 0.2) is 0 Å². The highest BCUT2D eigenvalue weighted by Gasteiger charge is 2.18. The molecule has 0 aromatic carbocycles. The highest BCUT2D eigenvalue weighted by Crippen LogP contribution is 2.18. The van der Waals surface area contributed by atoms with Crippen LogP contribution < -0.4 is 5.73 Å². The molecule has 3 heteroatoms. The van der Waals surface area contributed by atoms with Crippen LogP contribution in [0.4, 0.5) is 0 Å². The van der Waals surface area contributed by atoms with Gasteiger partial charge in [-0.3, -0.25) is 4.68 Å². The molecule has 3 nitrogen and oxygen atoms in total. The summed E-state index contributed by atoms with van der Waals surface area (Å²) in [6.07, 6.45) is 0.894. The quantitative estimate of drug-likeness (QED) is 0.799. The summed E-state index contributed by atoms with van der Waals surface area (Å²) in [6.45, 7) is 11.3. The Balaban J connectivity index is 3.03. The van der Waals surface area contributed by atoms with Crippen molar-refractivity contribution in [3.05, 3.63) is 17.0 Å². The number of aryl methyl sites for hydroxylation is 2. The predicted molar refractivity (Wildman–Crippen MR) is 59.3 cm³/mol. The summed E-state index contributed by atoms with van der Waals surface area (Å²) in [5.74, 6) is 0. The number of rotatable bonds is 3. The molecule has 0 saturated carbocycles. The molecule has 0 unspecified atom stereocenters. The molecule has 0 spiro atoms. The van der Waals surface area contributed by atoms with Crippen molar-refractivity contribution < 1.29 is 0 Å². The first kappa shape index (κ1) is 11.2. The van der Waals surface area contributed by atoms with Crippen molar-refractivity contribution in [1.82, 2.24) is 9.78 Å². The van der Waals surface area contributed by atoms with Crippen LogP contribution in [0.15, 0.2) is 0 Å². The Bertz CT molecular complexity index is 318. The molecule has 0 bridgehead atoms. The third-order valence-electron chi connectivity index (χ3n) is 2.46. The fourth-order valence-electron chi connectivity index (χ4n) is 1.75. The second-order valence-corrected chi connectivity index (χ2v) is 4.63. The highest BCUT2D eigenvalue weighted by molar-refractivity contribution is 5.26. The number of hydrogen-bond donors (Lipinski definition) is 1. The Labute approximate surface area is 86.3 Å². The van der Waals surface area contributed by atoms with Gasteiger partial charge in [0.05, 0.1) is 5.69 Å². The normalized spacial score (nSPS) is 12.1. The molecule has 80 valence electrons. The molecule has 2 N–H and O–H groups in total. The molecular formula is C11H21N3. The third kappa shape index (κ3) is 2.35. The average Bonchev–Trinajstić information content (AvgIpc) is 2.29. The van der Waals surface area contributed by atoms with E-state index in [4.69, 9.17) is 5.73 Å². The van der Waals surface area contributed by atoms with Crippen molar-refractivity contribution in [1.29, 1.82) is 0 Å². The largest absolute Gasteiger partial charge is 0.325 e. The molecule has 0 amide bonds. The second kappa shape index (κ2) is 3.73. The van der Waals surface area contributed by atoms with Crippen LogP contribution in [0, 0.1) is 13.8 Å². The van der Waals surface area contributed by atoms with Gasteiger partial charge in [0.25, 0.3) is 0 Å². The Morgan fingerprint density at radius 3 is 2.29 bits per heavy atom. The van der Waals surface area contributed by atoms with E-state index in [1.807, 2.05) is 4.68 Å². The molecule has 1 rings (SSSR count). The molecule has 0 aliphatic heterocycles. The Hall–Kier alpha value is -0.830. The topological polar surface area (TPSA) is 43.8 Å². The standard InChI is InChI=1S/C11H21N3/c1-6-14-9(3)10(8(2)13-14)7-11(4,5)12/h6-7,12H2,1-5H3. The van der Waals surface area contributed by atoms with Gasteiger partial charge >= 0.3 is 0 Å². The first-order valence-electron chi connectivity index (χ1n) is 5.17. The Kier molecular flexibility index (Phi) is 3.00. The minimum atomic E-state index is -0.156. The molecule has 0 aliphatic rings. The predicted octanol–water partition coefficient (Wildman–Crippen LogP) is 1.80. The van der Waals surface area contributed by atoms with Gasteiger partial charge in [-0.15, -0.1) is 0 Å². The zero-order valence-corrected chi connectivity index (χ0v) is 9.89. The van der Waals surface area contributed by atoms with E-state index in [2.05, 4.69) is 39.7 Å². The maximum absolute atomic E-state index is 6.02. The van der Waals surface area contributed by atoms with Gasteiger partial charge in [-0.25, -0.2) is 0 Å². The van der Waals surface area contributed by atoms with Crippen molar-refractivity contribution in [2.24, 2.45) is 5.73 Å². The van der Waals surface area contributed by atoms with Crippen LogP contribution in [-0.4, -0.2) is 15.3 Å². The summed E-state index contributed by atoms with van der Waals surface area (Å²) in [5.41, 5.74) is 9.54.